The number of carbonyl (C=O) groups is 1. The summed E-state index contributed by atoms with van der Waals surface area (Å²) in [7, 11) is 0. The minimum Gasteiger partial charge on any atom is -0.358 e. The van der Waals surface area contributed by atoms with Crippen LogP contribution in [0.3, 0.4) is 0 Å². The molecule has 1 amide bonds. The van der Waals surface area contributed by atoms with Crippen LogP contribution in [0.5, 0.6) is 0 Å². The molecule has 0 atom stereocenters. The molecule has 3 nitrogen and oxygen atoms in total. The molecule has 0 unspecified atom stereocenters. The van der Waals surface area contributed by atoms with Gasteiger partial charge in [0.05, 0.1) is 5.57 Å². The van der Waals surface area contributed by atoms with Crippen molar-refractivity contribution in [3.05, 3.63) is 51.8 Å². The Kier molecular flexibility index (Phi) is 3.97. The van der Waals surface area contributed by atoms with Gasteiger partial charge in [-0.3, -0.25) is 4.79 Å². The Morgan fingerprint density at radius 1 is 1.25 bits per heavy atom. The van der Waals surface area contributed by atoms with E-state index < -0.39 is 0 Å². The van der Waals surface area contributed by atoms with Crippen molar-refractivity contribution in [1.82, 2.24) is 4.98 Å². The number of H-pyrrole nitrogens is 1. The van der Waals surface area contributed by atoms with Crippen LogP contribution >= 0.6 is 11.6 Å². The SMILES string of the molecule is Cc1c(C=C2C(=O)Nc3ccc(CCCl)cc32)[nH]c2c1CCCC2. The van der Waals surface area contributed by atoms with Crippen LogP contribution in [0, 0.1) is 6.92 Å². The molecule has 1 aromatic heterocycles. The van der Waals surface area contributed by atoms with E-state index in [0.29, 0.717) is 5.88 Å². The lowest BCUT2D eigenvalue weighted by atomic mass is 9.94. The monoisotopic (exact) mass is 340 g/mol. The van der Waals surface area contributed by atoms with Crippen molar-refractivity contribution in [3.63, 3.8) is 0 Å². The lowest BCUT2D eigenvalue weighted by Crippen LogP contribution is -2.03. The molecule has 2 aromatic rings. The molecule has 0 saturated carbocycles. The van der Waals surface area contributed by atoms with Crippen LogP contribution in [0.25, 0.3) is 11.6 Å². The number of aryl methyl sites for hydroxylation is 2. The van der Waals surface area contributed by atoms with Gasteiger partial charge in [-0.25, -0.2) is 0 Å². The molecule has 2 heterocycles. The zero-order valence-corrected chi connectivity index (χ0v) is 14.6. The van der Waals surface area contributed by atoms with Gasteiger partial charge in [-0.15, -0.1) is 11.6 Å². The number of amides is 1. The van der Waals surface area contributed by atoms with E-state index in [0.717, 1.165) is 47.3 Å². The standard InChI is InChI=1S/C20H21ClN2O/c1-12-14-4-2-3-5-17(14)22-19(12)11-16-15-10-13(8-9-21)6-7-18(15)23-20(16)24/h6-7,10-11,22H,2-5,8-9H2,1H3,(H,23,24). The fourth-order valence-corrected chi connectivity index (χ4v) is 4.03. The van der Waals surface area contributed by atoms with Crippen LogP contribution in [-0.4, -0.2) is 16.8 Å². The fraction of sp³-hybridized carbons (Fsp3) is 0.350. The summed E-state index contributed by atoms with van der Waals surface area (Å²) in [4.78, 5) is 16.0. The van der Waals surface area contributed by atoms with E-state index in [4.69, 9.17) is 11.6 Å². The first kappa shape index (κ1) is 15.5. The Labute approximate surface area is 147 Å². The molecular formula is C20H21ClN2O. The molecule has 124 valence electrons. The van der Waals surface area contributed by atoms with E-state index in [9.17, 15) is 4.79 Å². The number of hydrogen-bond donors (Lipinski definition) is 2. The second kappa shape index (κ2) is 6.14. The molecule has 0 radical (unpaired) electrons. The number of hydrogen-bond acceptors (Lipinski definition) is 1. The van der Waals surface area contributed by atoms with Crippen LogP contribution in [0.15, 0.2) is 18.2 Å². The van der Waals surface area contributed by atoms with Crippen LogP contribution in [0.4, 0.5) is 5.69 Å². The summed E-state index contributed by atoms with van der Waals surface area (Å²) in [6.07, 6.45) is 7.58. The van der Waals surface area contributed by atoms with Crippen molar-refractivity contribution in [1.29, 1.82) is 0 Å². The Morgan fingerprint density at radius 3 is 2.88 bits per heavy atom. The van der Waals surface area contributed by atoms with Crippen molar-refractivity contribution in [3.8, 4) is 0 Å². The highest BCUT2D eigenvalue weighted by Gasteiger charge is 2.25. The maximum absolute atomic E-state index is 12.4. The van der Waals surface area contributed by atoms with E-state index in [1.165, 1.54) is 29.7 Å². The third-order valence-corrected chi connectivity index (χ3v) is 5.34. The maximum Gasteiger partial charge on any atom is 0.256 e. The molecule has 2 N–H and O–H groups in total. The molecule has 0 bridgehead atoms. The second-order valence-electron chi connectivity index (χ2n) is 6.66. The molecule has 1 aliphatic carbocycles. The average molecular weight is 341 g/mol. The summed E-state index contributed by atoms with van der Waals surface area (Å²) in [6.45, 7) is 2.16. The van der Waals surface area contributed by atoms with Crippen LogP contribution in [-0.2, 0) is 24.1 Å². The molecule has 0 spiro atoms. The Balaban J connectivity index is 1.77. The number of rotatable bonds is 3. The summed E-state index contributed by atoms with van der Waals surface area (Å²) >= 11 is 5.86. The first-order valence-electron chi connectivity index (χ1n) is 8.60. The third-order valence-electron chi connectivity index (χ3n) is 5.15. The molecule has 1 aliphatic heterocycles. The summed E-state index contributed by atoms with van der Waals surface area (Å²) < 4.78 is 0. The second-order valence-corrected chi connectivity index (χ2v) is 7.04. The number of fused-ring (bicyclic) bond motifs is 2. The van der Waals surface area contributed by atoms with Crippen molar-refractivity contribution >= 4 is 34.8 Å². The molecular weight excluding hydrogens is 320 g/mol. The highest BCUT2D eigenvalue weighted by atomic mass is 35.5. The first-order chi connectivity index (χ1) is 11.7. The van der Waals surface area contributed by atoms with E-state index in [1.54, 1.807) is 0 Å². The zero-order valence-electron chi connectivity index (χ0n) is 13.8. The quantitative estimate of drug-likeness (QED) is 0.628. The molecule has 1 aromatic carbocycles. The number of anilines is 1. The van der Waals surface area contributed by atoms with Crippen LogP contribution in [0.1, 0.15) is 46.5 Å². The normalized spacial score (nSPS) is 17.8. The lowest BCUT2D eigenvalue weighted by molar-refractivity contribution is -0.110. The van der Waals surface area contributed by atoms with Gasteiger partial charge >= 0.3 is 0 Å². The smallest absolute Gasteiger partial charge is 0.256 e. The van der Waals surface area contributed by atoms with Crippen molar-refractivity contribution < 1.29 is 4.79 Å². The number of benzene rings is 1. The lowest BCUT2D eigenvalue weighted by Gasteiger charge is -2.10. The van der Waals surface area contributed by atoms with Gasteiger partial charge in [-0.05, 0) is 73.9 Å². The van der Waals surface area contributed by atoms with E-state index in [1.807, 2.05) is 18.2 Å². The van der Waals surface area contributed by atoms with E-state index in [-0.39, 0.29) is 5.91 Å². The number of halogens is 1. The van der Waals surface area contributed by atoms with Gasteiger partial charge in [-0.2, -0.15) is 0 Å². The zero-order chi connectivity index (χ0) is 16.7. The van der Waals surface area contributed by atoms with Gasteiger partial charge in [-0.1, -0.05) is 6.07 Å². The average Bonchev–Trinajstić information content (AvgIpc) is 3.06. The van der Waals surface area contributed by atoms with Crippen molar-refractivity contribution in [2.75, 3.05) is 11.2 Å². The molecule has 24 heavy (non-hydrogen) atoms. The van der Waals surface area contributed by atoms with E-state index >= 15 is 0 Å². The van der Waals surface area contributed by atoms with Gasteiger partial charge in [0.25, 0.3) is 5.91 Å². The van der Waals surface area contributed by atoms with Crippen molar-refractivity contribution in [2.24, 2.45) is 0 Å². The van der Waals surface area contributed by atoms with Gasteiger partial charge < -0.3 is 10.3 Å². The number of carbonyl (C=O) groups excluding carboxylic acids is 1. The van der Waals surface area contributed by atoms with E-state index in [2.05, 4.69) is 23.3 Å². The van der Waals surface area contributed by atoms with Gasteiger partial charge in [0.15, 0.2) is 0 Å². The number of alkyl halides is 1. The number of aromatic nitrogens is 1. The van der Waals surface area contributed by atoms with Gasteiger partial charge in [0.1, 0.15) is 0 Å². The summed E-state index contributed by atoms with van der Waals surface area (Å²) in [5, 5.41) is 2.96. The fourth-order valence-electron chi connectivity index (χ4n) is 3.81. The van der Waals surface area contributed by atoms with Crippen LogP contribution in [0.2, 0.25) is 0 Å². The van der Waals surface area contributed by atoms with Gasteiger partial charge in [0, 0.05) is 28.5 Å². The molecule has 0 fully saturated rings. The highest BCUT2D eigenvalue weighted by molar-refractivity contribution is 6.34. The Hall–Kier alpha value is -2.00. The predicted molar refractivity (Wildman–Crippen MR) is 99.5 cm³/mol. The summed E-state index contributed by atoms with van der Waals surface area (Å²) in [6, 6.07) is 6.09. The molecule has 4 heteroatoms. The minimum absolute atomic E-state index is 0.0278. The molecule has 4 rings (SSSR count). The molecule has 0 saturated heterocycles. The summed E-state index contributed by atoms with van der Waals surface area (Å²) in [5.74, 6) is 0.557. The summed E-state index contributed by atoms with van der Waals surface area (Å²) in [5.41, 5.74) is 8.92. The Morgan fingerprint density at radius 2 is 2.08 bits per heavy atom. The van der Waals surface area contributed by atoms with Crippen LogP contribution < -0.4 is 5.32 Å². The largest absolute Gasteiger partial charge is 0.358 e. The van der Waals surface area contributed by atoms with Gasteiger partial charge in [0.2, 0.25) is 0 Å². The first-order valence-corrected chi connectivity index (χ1v) is 9.13. The third kappa shape index (κ3) is 2.57. The number of aromatic amines is 1. The topological polar surface area (TPSA) is 44.9 Å². The predicted octanol–water partition coefficient (Wildman–Crippen LogP) is 4.48. The maximum atomic E-state index is 12.4. The van der Waals surface area contributed by atoms with Crippen molar-refractivity contribution in [2.45, 2.75) is 39.0 Å². The minimum atomic E-state index is -0.0278. The highest BCUT2D eigenvalue weighted by Crippen LogP contribution is 2.35. The molecule has 2 aliphatic rings. The Bertz CT molecular complexity index is 848. The number of nitrogens with one attached hydrogen (secondary N) is 2.